The van der Waals surface area contributed by atoms with Crippen LogP contribution in [0.25, 0.3) is 0 Å². The number of imide groups is 1. The van der Waals surface area contributed by atoms with Crippen LogP contribution in [-0.4, -0.2) is 124 Å². The van der Waals surface area contributed by atoms with Gasteiger partial charge in [0.05, 0.1) is 78.5 Å². The maximum Gasteiger partial charge on any atom is 0.333 e. The number of quaternary nitrogens is 2. The van der Waals surface area contributed by atoms with Gasteiger partial charge in [-0.15, -0.1) is 5.06 Å². The number of hydrogen-bond donors (Lipinski definition) is 1. The van der Waals surface area contributed by atoms with Crippen molar-refractivity contribution in [2.24, 2.45) is 0 Å². The molecule has 3 aromatic carbocycles. The molecule has 13 nitrogen and oxygen atoms in total. The van der Waals surface area contributed by atoms with Crippen molar-refractivity contribution >= 4 is 45.0 Å². The first-order valence-electron chi connectivity index (χ1n) is 24.7. The zero-order valence-corrected chi connectivity index (χ0v) is 44.0. The van der Waals surface area contributed by atoms with Crippen molar-refractivity contribution in [3.63, 3.8) is 0 Å². The Morgan fingerprint density at radius 3 is 2.13 bits per heavy atom. The van der Waals surface area contributed by atoms with Crippen LogP contribution in [0.15, 0.2) is 112 Å². The highest BCUT2D eigenvalue weighted by molar-refractivity contribution is 7.85. The molecule has 3 aromatic rings. The first-order chi connectivity index (χ1) is 32.7. The Hall–Kier alpha value is -5.67. The van der Waals surface area contributed by atoms with Crippen molar-refractivity contribution in [3.05, 3.63) is 130 Å². The molecule has 1 aliphatic carbocycles. The van der Waals surface area contributed by atoms with Gasteiger partial charge < -0.3 is 23.4 Å². The standard InChI is InChI=1S/C56H73N5O8S/c1-39-17-26-47-45(37-39)55(2,3)49(57(47)33-13-35-60(6,7)8)28-21-41-15-12-16-42(54(41)68-43-23-18-40(19-24-43)20-32-53(64)69-59-51(62)30-31-52(59)63)22-29-50-56(4,5)46-38-44(70(65,66)67)25-27-48(46)58(50)34-14-36-61(9,10)11/h17-19,21-29,37-38H,12-16,20,30-36H2,1-11H3/q+2/p+1. The summed E-state index contributed by atoms with van der Waals surface area (Å²) in [7, 11) is 8.81. The molecule has 0 bridgehead atoms. The second kappa shape index (κ2) is 20.2. The fraction of sp³-hybridized carbons (Fsp3) is 0.464. The van der Waals surface area contributed by atoms with Gasteiger partial charge in [-0.05, 0) is 117 Å². The van der Waals surface area contributed by atoms with Gasteiger partial charge in [-0.2, -0.15) is 13.0 Å². The molecule has 0 spiro atoms. The van der Waals surface area contributed by atoms with E-state index in [4.69, 9.17) is 9.57 Å². The lowest BCUT2D eigenvalue weighted by Crippen LogP contribution is -2.37. The monoisotopic (exact) mass is 977 g/mol. The highest BCUT2D eigenvalue weighted by Gasteiger charge is 2.45. The average molecular weight is 977 g/mol. The van der Waals surface area contributed by atoms with Crippen LogP contribution in [0.3, 0.4) is 0 Å². The lowest BCUT2D eigenvalue weighted by atomic mass is 9.80. The zero-order valence-electron chi connectivity index (χ0n) is 43.2. The molecule has 1 saturated heterocycles. The first kappa shape index (κ1) is 52.2. The molecule has 0 aromatic heterocycles. The van der Waals surface area contributed by atoms with E-state index in [1.807, 2.05) is 30.3 Å². The van der Waals surface area contributed by atoms with Crippen molar-refractivity contribution in [1.29, 1.82) is 0 Å². The smallest absolute Gasteiger partial charge is 0.333 e. The van der Waals surface area contributed by atoms with Gasteiger partial charge in [0.25, 0.3) is 21.9 Å². The summed E-state index contributed by atoms with van der Waals surface area (Å²) in [6.45, 7) is 14.6. The van der Waals surface area contributed by atoms with E-state index in [9.17, 15) is 27.4 Å². The van der Waals surface area contributed by atoms with Crippen LogP contribution in [-0.2, 0) is 46.6 Å². The minimum Gasteiger partial charge on any atom is -0.457 e. The van der Waals surface area contributed by atoms with Crippen LogP contribution in [0.1, 0.15) is 101 Å². The van der Waals surface area contributed by atoms with E-state index in [0.717, 1.165) is 107 Å². The number of benzene rings is 3. The van der Waals surface area contributed by atoms with Gasteiger partial charge in [-0.3, -0.25) is 14.1 Å². The number of anilines is 1. The summed E-state index contributed by atoms with van der Waals surface area (Å²) >= 11 is 0. The van der Waals surface area contributed by atoms with Crippen molar-refractivity contribution in [3.8, 4) is 5.75 Å². The molecule has 1 fully saturated rings. The number of aryl methyl sites for hydroxylation is 2. The second-order valence-corrected chi connectivity index (χ2v) is 23.8. The molecule has 7 rings (SSSR count). The molecule has 3 heterocycles. The lowest BCUT2D eigenvalue weighted by Gasteiger charge is -2.29. The molecular formula is C56H74N5O8S+3. The zero-order chi connectivity index (χ0) is 51.0. The molecular weight excluding hydrogens is 903 g/mol. The van der Waals surface area contributed by atoms with Crippen LogP contribution in [0.2, 0.25) is 0 Å². The van der Waals surface area contributed by atoms with Crippen LogP contribution >= 0.6 is 0 Å². The van der Waals surface area contributed by atoms with Gasteiger partial charge in [0.15, 0.2) is 12.3 Å². The highest BCUT2D eigenvalue weighted by atomic mass is 32.2. The minimum absolute atomic E-state index is 0.00637. The molecule has 0 atom stereocenters. The predicted molar refractivity (Wildman–Crippen MR) is 274 cm³/mol. The number of carbonyl (C=O) groups is 3. The third kappa shape index (κ3) is 11.9. The largest absolute Gasteiger partial charge is 0.457 e. The second-order valence-electron chi connectivity index (χ2n) is 22.4. The van der Waals surface area contributed by atoms with Gasteiger partial charge in [-0.25, -0.2) is 4.79 Å². The van der Waals surface area contributed by atoms with E-state index in [2.05, 4.69) is 129 Å². The SMILES string of the molecule is Cc1ccc2c(c1)C(C)(C)C(/C=C/C1=C(Oc3ccc(CCC(=O)ON4C(=O)CCC4=O)cc3)C(=C/C=C3/N(CCC[N+](C)(C)C)c4ccc(S(=O)(=O)O)cc4C3(C)C)/CCC1)=[N+]2CCC[N+](C)(C)C. The predicted octanol–water partition coefficient (Wildman–Crippen LogP) is 9.03. The van der Waals surface area contributed by atoms with E-state index < -0.39 is 33.3 Å². The number of nitrogens with zero attached hydrogens (tertiary/aromatic N) is 5. The number of allylic oxidation sites excluding steroid dienone is 7. The van der Waals surface area contributed by atoms with Crippen LogP contribution in [0.4, 0.5) is 11.4 Å². The molecule has 374 valence electrons. The fourth-order valence-electron chi connectivity index (χ4n) is 10.1. The summed E-state index contributed by atoms with van der Waals surface area (Å²) in [5, 5.41) is 0.580. The average Bonchev–Trinajstić information content (AvgIpc) is 3.78. The van der Waals surface area contributed by atoms with Gasteiger partial charge in [0.1, 0.15) is 11.5 Å². The summed E-state index contributed by atoms with van der Waals surface area (Å²) in [6, 6.07) is 19.3. The van der Waals surface area contributed by atoms with E-state index in [1.54, 1.807) is 6.07 Å². The summed E-state index contributed by atoms with van der Waals surface area (Å²) in [5.74, 6) is -0.255. The normalized spacial score (nSPS) is 19.3. The summed E-state index contributed by atoms with van der Waals surface area (Å²) in [5.41, 5.74) is 9.95. The first-order valence-corrected chi connectivity index (χ1v) is 26.1. The Morgan fingerprint density at radius 2 is 1.47 bits per heavy atom. The van der Waals surface area contributed by atoms with Crippen molar-refractivity contribution in [2.45, 2.75) is 108 Å². The van der Waals surface area contributed by atoms with E-state index in [-0.39, 0.29) is 29.6 Å². The Bertz CT molecular complexity index is 2800. The van der Waals surface area contributed by atoms with E-state index in [1.165, 1.54) is 28.6 Å². The van der Waals surface area contributed by atoms with Crippen LogP contribution in [0.5, 0.6) is 5.75 Å². The Balaban J connectivity index is 1.27. The molecule has 3 aliphatic heterocycles. The van der Waals surface area contributed by atoms with Gasteiger partial charge in [0.2, 0.25) is 5.69 Å². The Morgan fingerprint density at radius 1 is 0.800 bits per heavy atom. The maximum atomic E-state index is 12.6. The quantitative estimate of drug-likeness (QED) is 0.0574. The highest BCUT2D eigenvalue weighted by Crippen LogP contribution is 2.49. The molecule has 70 heavy (non-hydrogen) atoms. The molecule has 14 heteroatoms. The Kier molecular flexibility index (Phi) is 15.1. The summed E-state index contributed by atoms with van der Waals surface area (Å²) < 4.78 is 46.0. The summed E-state index contributed by atoms with van der Waals surface area (Å²) in [6.07, 6.45) is 13.7. The fourth-order valence-corrected chi connectivity index (χ4v) is 10.6. The van der Waals surface area contributed by atoms with Gasteiger partial charge in [-0.1, -0.05) is 43.7 Å². The van der Waals surface area contributed by atoms with Crippen molar-refractivity contribution in [2.75, 3.05) is 73.4 Å². The third-order valence-corrected chi connectivity index (χ3v) is 14.8. The molecule has 0 saturated carbocycles. The van der Waals surface area contributed by atoms with Crippen LogP contribution < -0.4 is 9.64 Å². The number of ether oxygens (including phenoxy) is 1. The van der Waals surface area contributed by atoms with Gasteiger partial charge >= 0.3 is 5.97 Å². The van der Waals surface area contributed by atoms with Gasteiger partial charge in [0, 0.05) is 60.3 Å². The number of amides is 2. The van der Waals surface area contributed by atoms with Crippen LogP contribution in [0, 0.1) is 6.92 Å². The third-order valence-electron chi connectivity index (χ3n) is 14.0. The van der Waals surface area contributed by atoms with E-state index in [0.29, 0.717) is 17.2 Å². The Labute approximate surface area is 415 Å². The molecule has 2 amide bonds. The topological polar surface area (TPSA) is 134 Å². The number of rotatable bonds is 18. The van der Waals surface area contributed by atoms with E-state index >= 15 is 0 Å². The number of hydrogen-bond acceptors (Lipinski definition) is 8. The maximum absolute atomic E-state index is 12.6. The summed E-state index contributed by atoms with van der Waals surface area (Å²) in [4.78, 5) is 43.9. The molecule has 4 aliphatic rings. The molecule has 0 radical (unpaired) electrons. The minimum atomic E-state index is -4.42. The molecule has 0 unspecified atom stereocenters. The lowest BCUT2D eigenvalue weighted by molar-refractivity contribution is -0.871. The van der Waals surface area contributed by atoms with Crippen molar-refractivity contribution in [1.82, 2.24) is 5.06 Å². The number of hydroxylamine groups is 2. The number of fused-ring (bicyclic) bond motifs is 2. The van der Waals surface area contributed by atoms with Crippen molar-refractivity contribution < 1.29 is 50.5 Å². The molecule has 1 N–H and O–H groups in total. The number of carbonyl (C=O) groups excluding carboxylic acids is 3.